The molecular weight excluding hydrogens is 366 g/mol. The van der Waals surface area contributed by atoms with Crippen LogP contribution in [0.2, 0.25) is 0 Å². The Bertz CT molecular complexity index is 940. The highest BCUT2D eigenvalue weighted by Gasteiger charge is 2.36. The van der Waals surface area contributed by atoms with Gasteiger partial charge in [0.15, 0.2) is 0 Å². The Balaban J connectivity index is 1.53. The van der Waals surface area contributed by atoms with Crippen LogP contribution in [0.25, 0.3) is 0 Å². The fourth-order valence-electron chi connectivity index (χ4n) is 4.22. The molecule has 0 radical (unpaired) electrons. The molecule has 1 N–H and O–H groups in total. The predicted molar refractivity (Wildman–Crippen MR) is 110 cm³/mol. The summed E-state index contributed by atoms with van der Waals surface area (Å²) in [7, 11) is 1.92. The van der Waals surface area contributed by atoms with Crippen LogP contribution < -0.4 is 5.32 Å². The summed E-state index contributed by atoms with van der Waals surface area (Å²) in [6, 6.07) is 14.3. The Morgan fingerprint density at radius 1 is 1.07 bits per heavy atom. The van der Waals surface area contributed by atoms with Gasteiger partial charge in [-0.2, -0.15) is 0 Å². The minimum Gasteiger partial charge on any atom is -0.338 e. The van der Waals surface area contributed by atoms with E-state index in [9.17, 15) is 14.4 Å². The van der Waals surface area contributed by atoms with Crippen LogP contribution in [0.3, 0.4) is 0 Å². The van der Waals surface area contributed by atoms with Gasteiger partial charge in [-0.3, -0.25) is 19.3 Å². The van der Waals surface area contributed by atoms with E-state index < -0.39 is 0 Å². The molecule has 6 heteroatoms. The first-order valence-electron chi connectivity index (χ1n) is 10.1. The van der Waals surface area contributed by atoms with Gasteiger partial charge in [0.1, 0.15) is 0 Å². The molecule has 1 atom stereocenters. The van der Waals surface area contributed by atoms with Crippen molar-refractivity contribution in [3.05, 3.63) is 70.8 Å². The van der Waals surface area contributed by atoms with Crippen LogP contribution in [-0.2, 0) is 6.54 Å². The van der Waals surface area contributed by atoms with Gasteiger partial charge in [0.05, 0.1) is 17.7 Å². The summed E-state index contributed by atoms with van der Waals surface area (Å²) in [5, 5.41) is 3.18. The summed E-state index contributed by atoms with van der Waals surface area (Å²) in [6.45, 7) is 2.55. The zero-order chi connectivity index (χ0) is 20.4. The average molecular weight is 391 g/mol. The highest BCUT2D eigenvalue weighted by atomic mass is 16.2. The predicted octanol–water partition coefficient (Wildman–Crippen LogP) is 2.55. The topological polar surface area (TPSA) is 69.7 Å². The number of nitrogens with one attached hydrogen (secondary N) is 1. The van der Waals surface area contributed by atoms with Gasteiger partial charge in [0.2, 0.25) is 0 Å². The van der Waals surface area contributed by atoms with Crippen LogP contribution in [0.5, 0.6) is 0 Å². The maximum atomic E-state index is 13.0. The fourth-order valence-corrected chi connectivity index (χ4v) is 4.22. The Labute approximate surface area is 170 Å². The molecule has 0 bridgehead atoms. The highest BCUT2D eigenvalue weighted by molar-refractivity contribution is 6.22. The molecule has 2 aliphatic heterocycles. The molecule has 0 spiro atoms. The first kappa shape index (κ1) is 19.3. The molecular formula is C23H25N3O3. The fraction of sp³-hybridized carbons (Fsp3) is 0.348. The van der Waals surface area contributed by atoms with Crippen molar-refractivity contribution in [1.29, 1.82) is 0 Å². The molecule has 2 aromatic rings. The molecule has 0 saturated carbocycles. The van der Waals surface area contributed by atoms with Gasteiger partial charge in [-0.05, 0) is 56.1 Å². The number of fused-ring (bicyclic) bond motifs is 1. The van der Waals surface area contributed by atoms with Gasteiger partial charge in [0.25, 0.3) is 17.7 Å². The summed E-state index contributed by atoms with van der Waals surface area (Å²) in [6.07, 6.45) is 2.08. The van der Waals surface area contributed by atoms with E-state index in [4.69, 9.17) is 0 Å². The molecule has 0 aliphatic carbocycles. The van der Waals surface area contributed by atoms with Crippen LogP contribution >= 0.6 is 0 Å². The van der Waals surface area contributed by atoms with Crippen LogP contribution in [0.4, 0.5) is 0 Å². The molecule has 3 amide bonds. The number of piperidine rings is 1. The van der Waals surface area contributed by atoms with E-state index in [0.717, 1.165) is 31.5 Å². The van der Waals surface area contributed by atoms with Crippen molar-refractivity contribution in [2.24, 2.45) is 5.92 Å². The molecule has 29 heavy (non-hydrogen) atoms. The molecule has 0 aromatic heterocycles. The smallest absolute Gasteiger partial charge is 0.261 e. The lowest BCUT2D eigenvalue weighted by molar-refractivity contribution is 0.0641. The van der Waals surface area contributed by atoms with Crippen molar-refractivity contribution >= 4 is 17.7 Å². The van der Waals surface area contributed by atoms with Gasteiger partial charge in [0, 0.05) is 18.7 Å². The summed E-state index contributed by atoms with van der Waals surface area (Å²) in [5.74, 6) is -0.276. The first-order chi connectivity index (χ1) is 14.1. The van der Waals surface area contributed by atoms with Gasteiger partial charge >= 0.3 is 0 Å². The Morgan fingerprint density at radius 2 is 1.83 bits per heavy atom. The van der Waals surface area contributed by atoms with Crippen molar-refractivity contribution in [1.82, 2.24) is 15.1 Å². The second-order valence-electron chi connectivity index (χ2n) is 7.76. The molecule has 1 fully saturated rings. The average Bonchev–Trinajstić information content (AvgIpc) is 2.99. The van der Waals surface area contributed by atoms with E-state index in [1.54, 1.807) is 18.2 Å². The van der Waals surface area contributed by atoms with E-state index in [2.05, 4.69) is 5.32 Å². The number of likely N-dealkylation sites (tertiary alicyclic amines) is 1. The van der Waals surface area contributed by atoms with Crippen LogP contribution in [0.15, 0.2) is 48.5 Å². The van der Waals surface area contributed by atoms with Crippen LogP contribution in [0, 0.1) is 5.92 Å². The minimum absolute atomic E-state index is 0.0737. The van der Waals surface area contributed by atoms with Crippen LogP contribution in [0.1, 0.15) is 49.5 Å². The molecule has 2 heterocycles. The number of imide groups is 1. The SMILES string of the molecule is CNCC1CCCN(C(=O)c2ccc3c(c2)C(=O)N(Cc2ccccc2)C3=O)C1. The van der Waals surface area contributed by atoms with E-state index >= 15 is 0 Å². The number of carbonyl (C=O) groups is 3. The Morgan fingerprint density at radius 3 is 2.59 bits per heavy atom. The third-order valence-electron chi connectivity index (χ3n) is 5.70. The monoisotopic (exact) mass is 391 g/mol. The lowest BCUT2D eigenvalue weighted by Crippen LogP contribution is -2.42. The lowest BCUT2D eigenvalue weighted by atomic mass is 9.97. The lowest BCUT2D eigenvalue weighted by Gasteiger charge is -2.32. The molecule has 150 valence electrons. The minimum atomic E-state index is -0.338. The summed E-state index contributed by atoms with van der Waals surface area (Å²) in [5.41, 5.74) is 2.05. The van der Waals surface area contributed by atoms with Crippen molar-refractivity contribution in [2.45, 2.75) is 19.4 Å². The van der Waals surface area contributed by atoms with Gasteiger partial charge in [-0.25, -0.2) is 0 Å². The standard InChI is InChI=1S/C23H25N3O3/c1-24-13-17-8-5-11-25(14-17)21(27)18-9-10-19-20(12-18)23(29)26(22(19)28)15-16-6-3-2-4-7-16/h2-4,6-7,9-10,12,17,24H,5,8,11,13-15H2,1H3. The zero-order valence-corrected chi connectivity index (χ0v) is 16.6. The maximum absolute atomic E-state index is 13.0. The largest absolute Gasteiger partial charge is 0.338 e. The molecule has 2 aliphatic rings. The highest BCUT2D eigenvalue weighted by Crippen LogP contribution is 2.27. The number of carbonyl (C=O) groups excluding carboxylic acids is 3. The number of rotatable bonds is 5. The van der Waals surface area contributed by atoms with Crippen molar-refractivity contribution < 1.29 is 14.4 Å². The van der Waals surface area contributed by atoms with E-state index in [-0.39, 0.29) is 24.3 Å². The molecule has 4 rings (SSSR count). The molecule has 6 nitrogen and oxygen atoms in total. The van der Waals surface area contributed by atoms with E-state index in [0.29, 0.717) is 29.2 Å². The van der Waals surface area contributed by atoms with Crippen LogP contribution in [-0.4, -0.2) is 54.2 Å². The first-order valence-corrected chi connectivity index (χ1v) is 10.1. The third kappa shape index (κ3) is 3.80. The maximum Gasteiger partial charge on any atom is 0.261 e. The van der Waals surface area contributed by atoms with Crippen molar-refractivity contribution in [3.8, 4) is 0 Å². The van der Waals surface area contributed by atoms with E-state index in [1.165, 1.54) is 4.90 Å². The van der Waals surface area contributed by atoms with E-state index in [1.807, 2.05) is 42.3 Å². The quantitative estimate of drug-likeness (QED) is 0.796. The van der Waals surface area contributed by atoms with Gasteiger partial charge < -0.3 is 10.2 Å². The summed E-state index contributed by atoms with van der Waals surface area (Å²) < 4.78 is 0. The van der Waals surface area contributed by atoms with Crippen molar-refractivity contribution in [3.63, 3.8) is 0 Å². The third-order valence-corrected chi connectivity index (χ3v) is 5.70. The molecule has 1 saturated heterocycles. The number of benzene rings is 2. The number of amides is 3. The second-order valence-corrected chi connectivity index (χ2v) is 7.76. The normalized spacial score (nSPS) is 18.9. The molecule has 1 unspecified atom stereocenters. The Hall–Kier alpha value is -2.99. The Kier molecular flexibility index (Phi) is 5.45. The molecule has 2 aromatic carbocycles. The van der Waals surface area contributed by atoms with Gasteiger partial charge in [-0.15, -0.1) is 0 Å². The number of nitrogens with zero attached hydrogens (tertiary/aromatic N) is 2. The number of hydrogen-bond acceptors (Lipinski definition) is 4. The van der Waals surface area contributed by atoms with Crippen molar-refractivity contribution in [2.75, 3.05) is 26.7 Å². The zero-order valence-electron chi connectivity index (χ0n) is 16.6. The number of hydrogen-bond donors (Lipinski definition) is 1. The summed E-state index contributed by atoms with van der Waals surface area (Å²) in [4.78, 5) is 41.7. The second kappa shape index (κ2) is 8.17. The van der Waals surface area contributed by atoms with Gasteiger partial charge in [-0.1, -0.05) is 30.3 Å². The summed E-state index contributed by atoms with van der Waals surface area (Å²) >= 11 is 0.